The Hall–Kier alpha value is -3.53. The molecule has 2 aromatic heterocycles. The number of anilines is 1. The number of rotatable bonds is 8. The molecule has 204 valence electrons. The first-order chi connectivity index (χ1) is 19.0. The van der Waals surface area contributed by atoms with Crippen LogP contribution in [0.1, 0.15) is 30.5 Å². The maximum absolute atomic E-state index is 14.8. The number of nitrogens with one attached hydrogen (secondary N) is 3. The number of esters is 1. The van der Waals surface area contributed by atoms with E-state index in [9.17, 15) is 9.18 Å². The summed E-state index contributed by atoms with van der Waals surface area (Å²) in [6.07, 6.45) is 7.55. The monoisotopic (exact) mass is 550 g/mol. The van der Waals surface area contributed by atoms with Crippen LogP contribution in [-0.2, 0) is 9.53 Å². The van der Waals surface area contributed by atoms with E-state index >= 15 is 0 Å². The Balaban J connectivity index is 1.32. The molecule has 4 heterocycles. The van der Waals surface area contributed by atoms with Gasteiger partial charge in [-0.25, -0.2) is 9.37 Å². The van der Waals surface area contributed by atoms with Gasteiger partial charge < -0.3 is 20.7 Å². The molecule has 1 saturated heterocycles. The van der Waals surface area contributed by atoms with Gasteiger partial charge in [0.05, 0.1) is 47.8 Å². The summed E-state index contributed by atoms with van der Waals surface area (Å²) >= 11 is 6.20. The fraction of sp³-hybridized carbons (Fsp3) is 0.345. The molecule has 10 heteroatoms. The molecule has 2 aliphatic rings. The fourth-order valence-corrected chi connectivity index (χ4v) is 5.17. The molecule has 8 nitrogen and oxygen atoms in total. The maximum Gasteiger partial charge on any atom is 0.307 e. The molecule has 0 bridgehead atoms. The normalized spacial score (nSPS) is 18.1. The summed E-state index contributed by atoms with van der Waals surface area (Å²) < 4.78 is 19.6. The number of benzene rings is 1. The number of piperazine rings is 1. The van der Waals surface area contributed by atoms with Crippen LogP contribution in [0.2, 0.25) is 5.02 Å². The maximum atomic E-state index is 14.8. The first kappa shape index (κ1) is 27.1. The number of pyridine rings is 2. The minimum Gasteiger partial charge on any atom is -0.469 e. The molecule has 0 amide bonds. The standard InChI is InChI=1S/C29H32ClFN6O2/c1-39-28(38)16-21-18-37(13-11-33-21)12-10-32-20-15-27-26(35-17-20)8-7-25(36-27)22-4-2-3-9-34-29(22)23-14-19(30)5-6-24(23)31/h3,5-9,14-15,17,21,32-34H,2,4,10-13,16,18H2,1H3. The summed E-state index contributed by atoms with van der Waals surface area (Å²) in [5.74, 6) is -0.539. The van der Waals surface area contributed by atoms with Crippen LogP contribution in [0.4, 0.5) is 10.1 Å². The van der Waals surface area contributed by atoms with Crippen LogP contribution >= 0.6 is 11.6 Å². The van der Waals surface area contributed by atoms with Crippen molar-refractivity contribution >= 4 is 45.6 Å². The van der Waals surface area contributed by atoms with Gasteiger partial charge in [-0.2, -0.15) is 0 Å². The predicted octanol–water partition coefficient (Wildman–Crippen LogP) is 4.44. The van der Waals surface area contributed by atoms with Gasteiger partial charge >= 0.3 is 5.97 Å². The Morgan fingerprint density at radius 1 is 1.26 bits per heavy atom. The van der Waals surface area contributed by atoms with E-state index in [0.29, 0.717) is 29.1 Å². The smallest absolute Gasteiger partial charge is 0.307 e. The van der Waals surface area contributed by atoms with Crippen molar-refractivity contribution in [2.75, 3.05) is 45.2 Å². The number of hydrogen-bond acceptors (Lipinski definition) is 8. The molecular formula is C29H32ClFN6O2. The predicted molar refractivity (Wildman–Crippen MR) is 153 cm³/mol. The van der Waals surface area contributed by atoms with Crippen molar-refractivity contribution in [1.29, 1.82) is 0 Å². The van der Waals surface area contributed by atoms with Crippen molar-refractivity contribution in [1.82, 2.24) is 25.5 Å². The van der Waals surface area contributed by atoms with Crippen molar-refractivity contribution in [3.63, 3.8) is 0 Å². The van der Waals surface area contributed by atoms with Crippen molar-refractivity contribution in [3.8, 4) is 0 Å². The lowest BCUT2D eigenvalue weighted by atomic mass is 9.99. The number of methoxy groups -OCH3 is 1. The second-order valence-electron chi connectivity index (χ2n) is 9.68. The van der Waals surface area contributed by atoms with Gasteiger partial charge in [0.15, 0.2) is 0 Å². The second kappa shape index (κ2) is 12.5. The highest BCUT2D eigenvalue weighted by Crippen LogP contribution is 2.32. The van der Waals surface area contributed by atoms with E-state index in [1.807, 2.05) is 36.7 Å². The molecule has 39 heavy (non-hydrogen) atoms. The molecule has 1 aromatic carbocycles. The van der Waals surface area contributed by atoms with Crippen molar-refractivity contribution < 1.29 is 13.9 Å². The first-order valence-corrected chi connectivity index (χ1v) is 13.5. The summed E-state index contributed by atoms with van der Waals surface area (Å²) in [6.45, 7) is 4.13. The number of fused-ring (bicyclic) bond motifs is 1. The number of aromatic nitrogens is 2. The molecule has 3 N–H and O–H groups in total. The van der Waals surface area contributed by atoms with Crippen LogP contribution in [0.15, 0.2) is 54.9 Å². The third-order valence-corrected chi connectivity index (χ3v) is 7.23. The van der Waals surface area contributed by atoms with E-state index < -0.39 is 0 Å². The average Bonchev–Trinajstić information content (AvgIpc) is 3.20. The van der Waals surface area contributed by atoms with Gasteiger partial charge in [0.2, 0.25) is 0 Å². The second-order valence-corrected chi connectivity index (χ2v) is 10.1. The summed E-state index contributed by atoms with van der Waals surface area (Å²) in [6, 6.07) is 10.5. The lowest BCUT2D eigenvalue weighted by Gasteiger charge is -2.33. The summed E-state index contributed by atoms with van der Waals surface area (Å²) in [5.41, 5.74) is 5.19. The number of nitrogens with zero attached hydrogens (tertiary/aromatic N) is 3. The first-order valence-electron chi connectivity index (χ1n) is 13.1. The lowest BCUT2D eigenvalue weighted by molar-refractivity contribution is -0.141. The minimum absolute atomic E-state index is 0.101. The molecule has 1 unspecified atom stereocenters. The highest BCUT2D eigenvalue weighted by Gasteiger charge is 2.22. The van der Waals surface area contributed by atoms with Crippen LogP contribution in [0, 0.1) is 5.82 Å². The molecule has 2 aliphatic heterocycles. The number of allylic oxidation sites excluding steroid dienone is 2. The topological polar surface area (TPSA) is 91.4 Å². The van der Waals surface area contributed by atoms with Crippen molar-refractivity contribution in [3.05, 3.63) is 77.0 Å². The highest BCUT2D eigenvalue weighted by molar-refractivity contribution is 6.30. The van der Waals surface area contributed by atoms with Gasteiger partial charge in [-0.15, -0.1) is 0 Å². The molecule has 0 aliphatic carbocycles. The Labute approximate surface area is 232 Å². The number of carbonyl (C=O) groups excluding carboxylic acids is 1. The van der Waals surface area contributed by atoms with Crippen molar-refractivity contribution in [2.45, 2.75) is 25.3 Å². The summed E-state index contributed by atoms with van der Waals surface area (Å²) in [5, 5.41) is 10.5. The third kappa shape index (κ3) is 6.73. The molecular weight excluding hydrogens is 519 g/mol. The van der Waals surface area contributed by atoms with Gasteiger partial charge in [-0.05, 0) is 55.4 Å². The quantitative estimate of drug-likeness (QED) is 0.355. The van der Waals surface area contributed by atoms with Gasteiger partial charge in [0.1, 0.15) is 5.82 Å². The zero-order valence-corrected chi connectivity index (χ0v) is 22.6. The van der Waals surface area contributed by atoms with Crippen LogP contribution in [0.3, 0.4) is 0 Å². The van der Waals surface area contributed by atoms with E-state index in [1.54, 1.807) is 12.1 Å². The SMILES string of the molecule is COC(=O)CC1CN(CCNc2cnc3ccc(C4=C(c5cc(Cl)ccc5F)NC=CCC4)nc3c2)CCN1. The van der Waals surface area contributed by atoms with Gasteiger partial charge in [-0.1, -0.05) is 17.7 Å². The molecule has 0 radical (unpaired) electrons. The van der Waals surface area contributed by atoms with Gasteiger partial charge in [-0.3, -0.25) is 14.7 Å². The van der Waals surface area contributed by atoms with E-state index in [1.165, 1.54) is 13.2 Å². The number of ether oxygens (including phenoxy) is 1. The van der Waals surface area contributed by atoms with E-state index in [0.717, 1.165) is 67.1 Å². The number of halogens is 2. The average molecular weight is 551 g/mol. The molecule has 1 fully saturated rings. The lowest BCUT2D eigenvalue weighted by Crippen LogP contribution is -2.52. The van der Waals surface area contributed by atoms with Crippen LogP contribution in [0.25, 0.3) is 22.3 Å². The molecule has 3 aromatic rings. The number of carbonyl (C=O) groups is 1. The molecule has 5 rings (SSSR count). The fourth-order valence-electron chi connectivity index (χ4n) is 5.00. The van der Waals surface area contributed by atoms with E-state index in [4.69, 9.17) is 21.3 Å². The zero-order chi connectivity index (χ0) is 27.2. The van der Waals surface area contributed by atoms with Gasteiger partial charge in [0.25, 0.3) is 0 Å². The Bertz CT molecular complexity index is 1410. The summed E-state index contributed by atoms with van der Waals surface area (Å²) in [4.78, 5) is 23.5. The van der Waals surface area contributed by atoms with E-state index in [-0.39, 0.29) is 17.8 Å². The zero-order valence-electron chi connectivity index (χ0n) is 21.8. The summed E-state index contributed by atoms with van der Waals surface area (Å²) in [7, 11) is 1.42. The van der Waals surface area contributed by atoms with Gasteiger partial charge in [0, 0.05) is 54.9 Å². The van der Waals surface area contributed by atoms with Crippen LogP contribution < -0.4 is 16.0 Å². The molecule has 0 saturated carbocycles. The van der Waals surface area contributed by atoms with Crippen LogP contribution in [-0.4, -0.2) is 66.7 Å². The van der Waals surface area contributed by atoms with Crippen molar-refractivity contribution in [2.24, 2.45) is 0 Å². The number of hydrogen-bond donors (Lipinski definition) is 3. The highest BCUT2D eigenvalue weighted by atomic mass is 35.5. The van der Waals surface area contributed by atoms with E-state index in [2.05, 4.69) is 25.8 Å². The Morgan fingerprint density at radius 3 is 3.03 bits per heavy atom. The largest absolute Gasteiger partial charge is 0.469 e. The Morgan fingerprint density at radius 2 is 2.15 bits per heavy atom. The Kier molecular flexibility index (Phi) is 8.71. The molecule has 0 spiro atoms. The third-order valence-electron chi connectivity index (χ3n) is 6.99. The molecule has 1 atom stereocenters. The van der Waals surface area contributed by atoms with Crippen LogP contribution in [0.5, 0.6) is 0 Å². The minimum atomic E-state index is -0.343.